The SMILES string of the molecule is CC(C)c1nnsc1C(N)Cc1ccc(F)c(Br)c1. The summed E-state index contributed by atoms with van der Waals surface area (Å²) in [4.78, 5) is 1.01. The van der Waals surface area contributed by atoms with Crippen LogP contribution < -0.4 is 5.73 Å². The molecule has 2 N–H and O–H groups in total. The lowest BCUT2D eigenvalue weighted by atomic mass is 10.0. The van der Waals surface area contributed by atoms with Gasteiger partial charge in [-0.1, -0.05) is 24.4 Å². The summed E-state index contributed by atoms with van der Waals surface area (Å²) in [6, 6.07) is 4.80. The Balaban J connectivity index is 2.18. The van der Waals surface area contributed by atoms with Gasteiger partial charge in [-0.3, -0.25) is 0 Å². The fourth-order valence-corrected chi connectivity index (χ4v) is 3.11. The number of aromatic nitrogens is 2. The highest BCUT2D eigenvalue weighted by atomic mass is 79.9. The van der Waals surface area contributed by atoms with E-state index in [4.69, 9.17) is 5.73 Å². The summed E-state index contributed by atoms with van der Waals surface area (Å²) in [6.45, 7) is 4.14. The zero-order chi connectivity index (χ0) is 14.0. The molecule has 0 saturated heterocycles. The molecule has 0 spiro atoms. The summed E-state index contributed by atoms with van der Waals surface area (Å²) in [5.74, 6) is 0.0411. The highest BCUT2D eigenvalue weighted by Gasteiger charge is 2.18. The predicted octanol–water partition coefficient (Wildman–Crippen LogP) is 3.81. The summed E-state index contributed by atoms with van der Waals surface area (Å²) in [5.41, 5.74) is 8.17. The predicted molar refractivity (Wildman–Crippen MR) is 78.7 cm³/mol. The first-order chi connectivity index (χ1) is 8.99. The van der Waals surface area contributed by atoms with E-state index < -0.39 is 0 Å². The molecule has 0 fully saturated rings. The fraction of sp³-hybridized carbons (Fsp3) is 0.385. The molecular formula is C13H15BrFN3S. The number of benzene rings is 1. The maximum absolute atomic E-state index is 13.2. The van der Waals surface area contributed by atoms with E-state index in [1.54, 1.807) is 12.1 Å². The quantitative estimate of drug-likeness (QED) is 0.918. The van der Waals surface area contributed by atoms with Crippen LogP contribution in [0, 0.1) is 5.82 Å². The van der Waals surface area contributed by atoms with E-state index in [0.29, 0.717) is 16.8 Å². The van der Waals surface area contributed by atoms with Crippen LogP contribution >= 0.6 is 27.5 Å². The normalized spacial score (nSPS) is 12.9. The van der Waals surface area contributed by atoms with Gasteiger partial charge >= 0.3 is 0 Å². The second-order valence-corrected chi connectivity index (χ2v) is 6.38. The lowest BCUT2D eigenvalue weighted by Gasteiger charge is -2.12. The summed E-state index contributed by atoms with van der Waals surface area (Å²) in [6.07, 6.45) is 0.641. The maximum Gasteiger partial charge on any atom is 0.137 e. The van der Waals surface area contributed by atoms with Crippen molar-refractivity contribution in [1.82, 2.24) is 9.59 Å². The average Bonchev–Trinajstić information content (AvgIpc) is 2.83. The molecule has 1 atom stereocenters. The third-order valence-electron chi connectivity index (χ3n) is 2.86. The Bertz CT molecular complexity index is 571. The second-order valence-electron chi connectivity index (χ2n) is 4.74. The van der Waals surface area contributed by atoms with Crippen molar-refractivity contribution < 1.29 is 4.39 Å². The number of hydrogen-bond acceptors (Lipinski definition) is 4. The number of nitrogens with zero attached hydrogens (tertiary/aromatic N) is 2. The first-order valence-corrected chi connectivity index (χ1v) is 7.57. The van der Waals surface area contributed by atoms with Gasteiger partial charge < -0.3 is 5.73 Å². The number of nitrogens with two attached hydrogens (primary N) is 1. The van der Waals surface area contributed by atoms with Crippen LogP contribution in [-0.2, 0) is 6.42 Å². The lowest BCUT2D eigenvalue weighted by Crippen LogP contribution is -2.14. The van der Waals surface area contributed by atoms with Crippen LogP contribution in [0.25, 0.3) is 0 Å². The number of hydrogen-bond donors (Lipinski definition) is 1. The van der Waals surface area contributed by atoms with Gasteiger partial charge in [-0.05, 0) is 57.5 Å². The van der Waals surface area contributed by atoms with Gasteiger partial charge in [-0.25, -0.2) is 4.39 Å². The number of rotatable bonds is 4. The van der Waals surface area contributed by atoms with Gasteiger partial charge in [0.15, 0.2) is 0 Å². The molecule has 0 bridgehead atoms. The highest BCUT2D eigenvalue weighted by molar-refractivity contribution is 9.10. The summed E-state index contributed by atoms with van der Waals surface area (Å²) in [5, 5.41) is 4.13. The Morgan fingerprint density at radius 1 is 1.42 bits per heavy atom. The van der Waals surface area contributed by atoms with Gasteiger partial charge in [-0.2, -0.15) is 0 Å². The van der Waals surface area contributed by atoms with Gasteiger partial charge in [0.1, 0.15) is 5.82 Å². The van der Waals surface area contributed by atoms with Crippen molar-refractivity contribution in [2.75, 3.05) is 0 Å². The van der Waals surface area contributed by atoms with Gasteiger partial charge in [0.05, 0.1) is 15.0 Å². The Morgan fingerprint density at radius 2 is 2.16 bits per heavy atom. The molecule has 1 heterocycles. The van der Waals surface area contributed by atoms with E-state index in [2.05, 4.69) is 39.4 Å². The van der Waals surface area contributed by atoms with E-state index in [0.717, 1.165) is 16.1 Å². The molecule has 0 radical (unpaired) electrons. The highest BCUT2D eigenvalue weighted by Crippen LogP contribution is 2.28. The molecule has 3 nitrogen and oxygen atoms in total. The second kappa shape index (κ2) is 6.07. The van der Waals surface area contributed by atoms with Crippen LogP contribution in [0.15, 0.2) is 22.7 Å². The first kappa shape index (κ1) is 14.6. The standard InChI is InChI=1S/C13H15BrFN3S/c1-7(2)12-13(19-18-17-12)11(16)6-8-3-4-10(15)9(14)5-8/h3-5,7,11H,6,16H2,1-2H3. The Hall–Kier alpha value is -0.850. The fourth-order valence-electron chi connectivity index (χ4n) is 1.88. The zero-order valence-electron chi connectivity index (χ0n) is 10.7. The van der Waals surface area contributed by atoms with E-state index in [1.165, 1.54) is 17.6 Å². The van der Waals surface area contributed by atoms with Crippen LogP contribution in [0.4, 0.5) is 4.39 Å². The van der Waals surface area contributed by atoms with Crippen LogP contribution in [0.2, 0.25) is 0 Å². The van der Waals surface area contributed by atoms with Crippen molar-refractivity contribution in [2.24, 2.45) is 5.73 Å². The first-order valence-electron chi connectivity index (χ1n) is 6.00. The van der Waals surface area contributed by atoms with E-state index in [9.17, 15) is 4.39 Å². The van der Waals surface area contributed by atoms with E-state index >= 15 is 0 Å². The third kappa shape index (κ3) is 3.38. The summed E-state index contributed by atoms with van der Waals surface area (Å²) >= 11 is 4.53. The molecule has 0 aliphatic carbocycles. The minimum absolute atomic E-state index is 0.158. The minimum atomic E-state index is -0.264. The maximum atomic E-state index is 13.2. The van der Waals surface area contributed by atoms with Crippen molar-refractivity contribution in [1.29, 1.82) is 0 Å². The zero-order valence-corrected chi connectivity index (χ0v) is 13.1. The molecule has 102 valence electrons. The monoisotopic (exact) mass is 343 g/mol. The summed E-state index contributed by atoms with van der Waals surface area (Å²) in [7, 11) is 0. The molecule has 1 aromatic heterocycles. The molecule has 0 aliphatic rings. The van der Waals surface area contributed by atoms with Gasteiger partial charge in [0.2, 0.25) is 0 Å². The van der Waals surface area contributed by atoms with Crippen LogP contribution in [0.3, 0.4) is 0 Å². The number of halogens is 2. The molecule has 2 aromatic rings. The Labute approximate surface area is 124 Å². The summed E-state index contributed by atoms with van der Waals surface area (Å²) < 4.78 is 17.6. The molecule has 0 amide bonds. The molecule has 6 heteroatoms. The van der Waals surface area contributed by atoms with Crippen LogP contribution in [-0.4, -0.2) is 9.59 Å². The van der Waals surface area contributed by atoms with Crippen LogP contribution in [0.5, 0.6) is 0 Å². The van der Waals surface area contributed by atoms with Crippen molar-refractivity contribution in [3.05, 3.63) is 44.6 Å². The molecular weight excluding hydrogens is 329 g/mol. The van der Waals surface area contributed by atoms with Crippen molar-refractivity contribution >= 4 is 27.5 Å². The van der Waals surface area contributed by atoms with Crippen molar-refractivity contribution in [3.63, 3.8) is 0 Å². The van der Waals surface area contributed by atoms with Gasteiger partial charge in [0.25, 0.3) is 0 Å². The molecule has 0 saturated carbocycles. The minimum Gasteiger partial charge on any atom is -0.323 e. The molecule has 19 heavy (non-hydrogen) atoms. The third-order valence-corrected chi connectivity index (χ3v) is 4.34. The van der Waals surface area contributed by atoms with E-state index in [1.807, 2.05) is 0 Å². The Kier molecular flexibility index (Phi) is 4.65. The Morgan fingerprint density at radius 3 is 2.79 bits per heavy atom. The van der Waals surface area contributed by atoms with Gasteiger partial charge in [-0.15, -0.1) is 5.10 Å². The van der Waals surface area contributed by atoms with E-state index in [-0.39, 0.29) is 11.9 Å². The molecule has 2 rings (SSSR count). The lowest BCUT2D eigenvalue weighted by molar-refractivity contribution is 0.618. The smallest absolute Gasteiger partial charge is 0.137 e. The molecule has 1 unspecified atom stereocenters. The van der Waals surface area contributed by atoms with Crippen molar-refractivity contribution in [3.8, 4) is 0 Å². The van der Waals surface area contributed by atoms with Gasteiger partial charge in [0, 0.05) is 6.04 Å². The average molecular weight is 344 g/mol. The topological polar surface area (TPSA) is 51.8 Å². The molecule has 1 aromatic carbocycles. The van der Waals surface area contributed by atoms with Crippen LogP contribution in [0.1, 0.15) is 41.9 Å². The largest absolute Gasteiger partial charge is 0.323 e. The molecule has 0 aliphatic heterocycles. The van der Waals surface area contributed by atoms with Crippen molar-refractivity contribution in [2.45, 2.75) is 32.2 Å².